The first kappa shape index (κ1) is 12.9. The van der Waals surface area contributed by atoms with Crippen LogP contribution >= 0.6 is 0 Å². The van der Waals surface area contributed by atoms with Crippen molar-refractivity contribution in [2.75, 3.05) is 19.8 Å². The van der Waals surface area contributed by atoms with Gasteiger partial charge in [-0.2, -0.15) is 0 Å². The second-order valence-corrected chi connectivity index (χ2v) is 3.91. The molecule has 0 radical (unpaired) electrons. The van der Waals surface area contributed by atoms with E-state index in [1.807, 2.05) is 6.92 Å². The van der Waals surface area contributed by atoms with Crippen molar-refractivity contribution >= 4 is 11.8 Å². The van der Waals surface area contributed by atoms with Crippen molar-refractivity contribution in [2.24, 2.45) is 5.73 Å². The van der Waals surface area contributed by atoms with Crippen LogP contribution in [0.15, 0.2) is 0 Å². The summed E-state index contributed by atoms with van der Waals surface area (Å²) in [5, 5.41) is 9.40. The maximum atomic E-state index is 11.7. The van der Waals surface area contributed by atoms with Gasteiger partial charge in [0.2, 0.25) is 11.8 Å². The summed E-state index contributed by atoms with van der Waals surface area (Å²) in [4.78, 5) is 24.0. The predicted octanol–water partition coefficient (Wildman–Crippen LogP) is -1.14. The summed E-state index contributed by atoms with van der Waals surface area (Å²) in [5.41, 5.74) is 5.16. The molecule has 0 aromatic carbocycles. The average Bonchev–Trinajstić information content (AvgIpc) is 2.61. The number of β-amino-alcohol motifs (C(OH)–C–C–N with tert-alkyl or cyclic N) is 1. The zero-order valence-corrected chi connectivity index (χ0v) is 9.39. The molecule has 2 amide bonds. The van der Waals surface area contributed by atoms with E-state index in [4.69, 9.17) is 10.5 Å². The number of carbonyl (C=O) groups is 2. The molecule has 0 spiro atoms. The Balaban J connectivity index is 2.50. The second-order valence-electron chi connectivity index (χ2n) is 3.91. The molecule has 16 heavy (non-hydrogen) atoms. The lowest BCUT2D eigenvalue weighted by Gasteiger charge is -2.21. The molecule has 2 atom stereocenters. The van der Waals surface area contributed by atoms with Crippen LogP contribution in [0.5, 0.6) is 0 Å². The summed E-state index contributed by atoms with van der Waals surface area (Å²) in [7, 11) is 0. The summed E-state index contributed by atoms with van der Waals surface area (Å²) in [5.74, 6) is -0.880. The minimum Gasteiger partial charge on any atom is -0.391 e. The van der Waals surface area contributed by atoms with Gasteiger partial charge in [0.25, 0.3) is 0 Å². The SMILES string of the molecule is CCCOCC(=O)N1CC(O)CC1C(N)=O. The molecule has 1 aliphatic rings. The molecule has 0 bridgehead atoms. The van der Waals surface area contributed by atoms with E-state index in [-0.39, 0.29) is 25.5 Å². The maximum Gasteiger partial charge on any atom is 0.249 e. The van der Waals surface area contributed by atoms with Gasteiger partial charge in [0, 0.05) is 19.6 Å². The standard InChI is InChI=1S/C10H18N2O4/c1-2-3-16-6-9(14)12-5-7(13)4-8(12)10(11)15/h7-8,13H,2-6H2,1H3,(H2,11,15). The molecule has 6 heteroatoms. The Hall–Kier alpha value is -1.14. The Morgan fingerprint density at radius 2 is 2.25 bits per heavy atom. The number of aliphatic hydroxyl groups is 1. The Kier molecular flexibility index (Phi) is 4.70. The molecule has 0 aliphatic carbocycles. The first-order chi connectivity index (χ1) is 7.56. The fourth-order valence-corrected chi connectivity index (χ4v) is 1.75. The number of carbonyl (C=O) groups excluding carboxylic acids is 2. The minimum atomic E-state index is -0.701. The van der Waals surface area contributed by atoms with Crippen molar-refractivity contribution in [1.82, 2.24) is 4.90 Å². The van der Waals surface area contributed by atoms with Crippen LogP contribution in [0.4, 0.5) is 0 Å². The van der Waals surface area contributed by atoms with Crippen molar-refractivity contribution < 1.29 is 19.4 Å². The van der Waals surface area contributed by atoms with Crippen LogP contribution in [0.1, 0.15) is 19.8 Å². The molecule has 1 saturated heterocycles. The number of aliphatic hydroxyl groups excluding tert-OH is 1. The van der Waals surface area contributed by atoms with Gasteiger partial charge in [-0.05, 0) is 6.42 Å². The van der Waals surface area contributed by atoms with Gasteiger partial charge in [-0.3, -0.25) is 9.59 Å². The molecule has 6 nitrogen and oxygen atoms in total. The molecule has 0 aromatic heterocycles. The van der Waals surface area contributed by atoms with Gasteiger partial charge in [0.05, 0.1) is 6.10 Å². The van der Waals surface area contributed by atoms with Crippen LogP contribution < -0.4 is 5.73 Å². The third-order valence-electron chi connectivity index (χ3n) is 2.50. The van der Waals surface area contributed by atoms with Gasteiger partial charge >= 0.3 is 0 Å². The number of hydrogen-bond donors (Lipinski definition) is 2. The molecule has 3 N–H and O–H groups in total. The Labute approximate surface area is 94.3 Å². The highest BCUT2D eigenvalue weighted by atomic mass is 16.5. The first-order valence-corrected chi connectivity index (χ1v) is 5.40. The number of likely N-dealkylation sites (tertiary alicyclic amines) is 1. The molecule has 1 fully saturated rings. The highest BCUT2D eigenvalue weighted by molar-refractivity contribution is 5.87. The summed E-state index contributed by atoms with van der Waals surface area (Å²) >= 11 is 0. The van der Waals surface area contributed by atoms with Crippen molar-refractivity contribution in [3.8, 4) is 0 Å². The summed E-state index contributed by atoms with van der Waals surface area (Å²) in [6.45, 7) is 2.53. The molecule has 1 aliphatic heterocycles. The Morgan fingerprint density at radius 3 is 2.81 bits per heavy atom. The van der Waals surface area contributed by atoms with Crippen molar-refractivity contribution in [3.05, 3.63) is 0 Å². The molecule has 0 aromatic rings. The van der Waals surface area contributed by atoms with Crippen LogP contribution in [-0.2, 0) is 14.3 Å². The van der Waals surface area contributed by atoms with Gasteiger partial charge in [0.15, 0.2) is 0 Å². The third kappa shape index (κ3) is 3.18. The van der Waals surface area contributed by atoms with Gasteiger partial charge in [-0.1, -0.05) is 6.92 Å². The van der Waals surface area contributed by atoms with E-state index < -0.39 is 18.1 Å². The minimum absolute atomic E-state index is 0.0651. The highest BCUT2D eigenvalue weighted by Crippen LogP contribution is 2.17. The largest absolute Gasteiger partial charge is 0.391 e. The van der Waals surface area contributed by atoms with E-state index in [0.29, 0.717) is 6.61 Å². The lowest BCUT2D eigenvalue weighted by atomic mass is 10.2. The van der Waals surface area contributed by atoms with Crippen LogP contribution in [0.2, 0.25) is 0 Å². The van der Waals surface area contributed by atoms with Crippen molar-refractivity contribution in [1.29, 1.82) is 0 Å². The summed E-state index contributed by atoms with van der Waals surface area (Å²) in [6.07, 6.45) is 0.372. The van der Waals surface area contributed by atoms with Gasteiger partial charge < -0.3 is 20.5 Å². The van der Waals surface area contributed by atoms with Crippen LogP contribution in [0, 0.1) is 0 Å². The molecule has 0 saturated carbocycles. The van der Waals surface area contributed by atoms with E-state index >= 15 is 0 Å². The number of ether oxygens (including phenoxy) is 1. The van der Waals surface area contributed by atoms with E-state index in [1.165, 1.54) is 4.90 Å². The topological polar surface area (TPSA) is 92.9 Å². The lowest BCUT2D eigenvalue weighted by Crippen LogP contribution is -2.45. The number of nitrogens with zero attached hydrogens (tertiary/aromatic N) is 1. The molecule has 92 valence electrons. The molecule has 1 rings (SSSR count). The van der Waals surface area contributed by atoms with Gasteiger partial charge in [-0.15, -0.1) is 0 Å². The van der Waals surface area contributed by atoms with E-state index in [2.05, 4.69) is 0 Å². The number of nitrogens with two attached hydrogens (primary N) is 1. The van der Waals surface area contributed by atoms with E-state index in [1.54, 1.807) is 0 Å². The van der Waals surface area contributed by atoms with Crippen LogP contribution in [0.25, 0.3) is 0 Å². The Bertz CT molecular complexity index is 270. The average molecular weight is 230 g/mol. The number of hydrogen-bond acceptors (Lipinski definition) is 4. The van der Waals surface area contributed by atoms with Gasteiger partial charge in [0.1, 0.15) is 12.6 Å². The van der Waals surface area contributed by atoms with Crippen LogP contribution in [0.3, 0.4) is 0 Å². The molecule has 1 heterocycles. The fraction of sp³-hybridized carbons (Fsp3) is 0.800. The molecule has 2 unspecified atom stereocenters. The number of primary amides is 1. The monoisotopic (exact) mass is 230 g/mol. The van der Waals surface area contributed by atoms with E-state index in [0.717, 1.165) is 6.42 Å². The quantitative estimate of drug-likeness (QED) is 0.584. The maximum absolute atomic E-state index is 11.7. The Morgan fingerprint density at radius 1 is 1.56 bits per heavy atom. The molecular weight excluding hydrogens is 212 g/mol. The fourth-order valence-electron chi connectivity index (χ4n) is 1.75. The zero-order chi connectivity index (χ0) is 12.1. The van der Waals surface area contributed by atoms with Crippen molar-refractivity contribution in [2.45, 2.75) is 31.9 Å². The van der Waals surface area contributed by atoms with E-state index in [9.17, 15) is 14.7 Å². The number of rotatable bonds is 5. The first-order valence-electron chi connectivity index (χ1n) is 5.40. The molecular formula is C10H18N2O4. The summed E-state index contributed by atoms with van der Waals surface area (Å²) < 4.78 is 5.10. The highest BCUT2D eigenvalue weighted by Gasteiger charge is 2.37. The van der Waals surface area contributed by atoms with Gasteiger partial charge in [-0.25, -0.2) is 0 Å². The smallest absolute Gasteiger partial charge is 0.249 e. The number of amides is 2. The van der Waals surface area contributed by atoms with Crippen molar-refractivity contribution in [3.63, 3.8) is 0 Å². The third-order valence-corrected chi connectivity index (χ3v) is 2.50. The normalized spacial score (nSPS) is 24.8. The zero-order valence-electron chi connectivity index (χ0n) is 9.39. The lowest BCUT2D eigenvalue weighted by molar-refractivity contribution is -0.141. The summed E-state index contributed by atoms with van der Waals surface area (Å²) in [6, 6.07) is -0.701. The second kappa shape index (κ2) is 5.81. The van der Waals surface area contributed by atoms with Crippen LogP contribution in [-0.4, -0.2) is 53.7 Å². The predicted molar refractivity (Wildman–Crippen MR) is 56.4 cm³/mol.